The first kappa shape index (κ1) is 24.6. The first-order chi connectivity index (χ1) is 16.8. The second-order valence-electron chi connectivity index (χ2n) is 9.53. The predicted octanol–water partition coefficient (Wildman–Crippen LogP) is 3.65. The topological polar surface area (TPSA) is 71.1 Å². The van der Waals surface area contributed by atoms with Gasteiger partial charge in [0.05, 0.1) is 26.3 Å². The fourth-order valence-corrected chi connectivity index (χ4v) is 4.68. The fourth-order valence-electron chi connectivity index (χ4n) is 4.68. The van der Waals surface area contributed by atoms with Gasteiger partial charge in [-0.1, -0.05) is 30.3 Å². The summed E-state index contributed by atoms with van der Waals surface area (Å²) >= 11 is 0. The number of rotatable bonds is 7. The van der Waals surface area contributed by atoms with Crippen LogP contribution in [0.3, 0.4) is 0 Å². The van der Waals surface area contributed by atoms with Crippen molar-refractivity contribution in [3.8, 4) is 11.5 Å². The molecule has 0 atom stereocenters. The molecule has 2 aliphatic rings. The van der Waals surface area contributed by atoms with Crippen molar-refractivity contribution in [3.05, 3.63) is 72.3 Å². The van der Waals surface area contributed by atoms with Crippen molar-refractivity contribution in [3.63, 3.8) is 0 Å². The van der Waals surface area contributed by atoms with Crippen LogP contribution in [0.2, 0.25) is 0 Å². The van der Waals surface area contributed by atoms with Gasteiger partial charge >= 0.3 is 0 Å². The quantitative estimate of drug-likeness (QED) is 0.661. The van der Waals surface area contributed by atoms with Crippen molar-refractivity contribution in [1.82, 2.24) is 15.1 Å². The number of benzene rings is 2. The summed E-state index contributed by atoms with van der Waals surface area (Å²) in [6.07, 6.45) is 5.76. The van der Waals surface area contributed by atoms with Crippen LogP contribution in [0.4, 0.5) is 0 Å². The predicted molar refractivity (Wildman–Crippen MR) is 136 cm³/mol. The average Bonchev–Trinajstić information content (AvgIpc) is 2.89. The molecule has 7 nitrogen and oxygen atoms in total. The van der Waals surface area contributed by atoms with Gasteiger partial charge in [0.1, 0.15) is 5.54 Å². The van der Waals surface area contributed by atoms with Gasteiger partial charge in [-0.15, -0.1) is 0 Å². The van der Waals surface area contributed by atoms with Crippen LogP contribution >= 0.6 is 0 Å². The Morgan fingerprint density at radius 3 is 2.40 bits per heavy atom. The average molecular weight is 477 g/mol. The molecule has 2 aromatic carbocycles. The smallest absolute Gasteiger partial charge is 0.251 e. The van der Waals surface area contributed by atoms with Gasteiger partial charge in [-0.3, -0.25) is 9.59 Å². The van der Waals surface area contributed by atoms with E-state index in [9.17, 15) is 9.59 Å². The lowest BCUT2D eigenvalue weighted by Gasteiger charge is -2.44. The van der Waals surface area contributed by atoms with Crippen LogP contribution in [-0.2, 0) is 16.0 Å². The highest BCUT2D eigenvalue weighted by molar-refractivity contribution is 5.92. The summed E-state index contributed by atoms with van der Waals surface area (Å²) in [7, 11) is 3.21. The molecule has 1 fully saturated rings. The molecule has 0 bridgehead atoms. The zero-order valence-electron chi connectivity index (χ0n) is 20.9. The second-order valence-corrected chi connectivity index (χ2v) is 9.53. The number of likely N-dealkylation sites (tertiary alicyclic amines) is 1. The lowest BCUT2D eigenvalue weighted by atomic mass is 9.94. The third kappa shape index (κ3) is 5.45. The molecule has 1 N–H and O–H groups in total. The molecule has 0 spiro atoms. The molecular weight excluding hydrogens is 442 g/mol. The molecule has 0 aromatic heterocycles. The first-order valence-electron chi connectivity index (χ1n) is 12.0. The summed E-state index contributed by atoms with van der Waals surface area (Å²) in [5, 5.41) is 3.38. The number of piperidine rings is 1. The Hall–Kier alpha value is -3.48. The van der Waals surface area contributed by atoms with E-state index >= 15 is 0 Å². The number of carbonyl (C=O) groups is 2. The van der Waals surface area contributed by atoms with Gasteiger partial charge in [-0.2, -0.15) is 0 Å². The van der Waals surface area contributed by atoms with Crippen molar-refractivity contribution in [2.45, 2.75) is 44.7 Å². The second kappa shape index (κ2) is 10.4. The van der Waals surface area contributed by atoms with Crippen LogP contribution in [-0.4, -0.2) is 60.5 Å². The summed E-state index contributed by atoms with van der Waals surface area (Å²) in [6, 6.07) is 15.7. The van der Waals surface area contributed by atoms with Crippen LogP contribution in [0.5, 0.6) is 11.5 Å². The maximum absolute atomic E-state index is 13.3. The summed E-state index contributed by atoms with van der Waals surface area (Å²) in [6.45, 7) is 5.05. The van der Waals surface area contributed by atoms with Gasteiger partial charge in [0, 0.05) is 30.9 Å². The van der Waals surface area contributed by atoms with Crippen molar-refractivity contribution < 1.29 is 19.1 Å². The van der Waals surface area contributed by atoms with E-state index < -0.39 is 5.54 Å². The van der Waals surface area contributed by atoms with E-state index in [-0.39, 0.29) is 17.9 Å². The Morgan fingerprint density at radius 2 is 1.74 bits per heavy atom. The summed E-state index contributed by atoms with van der Waals surface area (Å²) < 4.78 is 10.8. The molecule has 7 heteroatoms. The first-order valence-corrected chi connectivity index (χ1v) is 12.0. The SMILES string of the molecule is COc1ccc(C2=CN(C3CCN(C(=O)[CH]Cc4ccccc4)CC3)C(=O)C(C)(C)N2)cc1OC. The van der Waals surface area contributed by atoms with Gasteiger partial charge in [-0.25, -0.2) is 0 Å². The van der Waals surface area contributed by atoms with Crippen molar-refractivity contribution in [2.24, 2.45) is 0 Å². The minimum absolute atomic E-state index is 0.0298. The van der Waals surface area contributed by atoms with E-state index in [1.165, 1.54) is 0 Å². The molecule has 1 radical (unpaired) electrons. The van der Waals surface area contributed by atoms with Gasteiger partial charge in [-0.05, 0) is 56.9 Å². The van der Waals surface area contributed by atoms with Crippen LogP contribution < -0.4 is 14.8 Å². The number of amides is 2. The molecular formula is C28H34N3O4. The molecule has 0 saturated carbocycles. The summed E-state index contributed by atoms with van der Waals surface area (Å²) in [5.74, 6) is 1.37. The van der Waals surface area contributed by atoms with Gasteiger partial charge in [0.15, 0.2) is 11.5 Å². The van der Waals surface area contributed by atoms with Crippen LogP contribution in [0, 0.1) is 6.42 Å². The number of ether oxygens (including phenoxy) is 2. The number of hydrogen-bond donors (Lipinski definition) is 1. The molecule has 0 unspecified atom stereocenters. The van der Waals surface area contributed by atoms with Crippen LogP contribution in [0.15, 0.2) is 54.7 Å². The molecule has 2 amide bonds. The van der Waals surface area contributed by atoms with Gasteiger partial charge in [0.25, 0.3) is 5.91 Å². The minimum atomic E-state index is -0.756. The molecule has 2 aromatic rings. The normalized spacial score (nSPS) is 18.1. The largest absolute Gasteiger partial charge is 0.493 e. The number of nitrogens with zero attached hydrogens (tertiary/aromatic N) is 2. The summed E-state index contributed by atoms with van der Waals surface area (Å²) in [4.78, 5) is 29.8. The Balaban J connectivity index is 1.45. The number of nitrogens with one attached hydrogen (secondary N) is 1. The van der Waals surface area contributed by atoms with Crippen molar-refractivity contribution >= 4 is 17.5 Å². The van der Waals surface area contributed by atoms with E-state index in [1.807, 2.05) is 78.4 Å². The van der Waals surface area contributed by atoms with Gasteiger partial charge in [0.2, 0.25) is 5.91 Å². The number of methoxy groups -OCH3 is 2. The molecule has 4 rings (SSSR count). The number of hydrogen-bond acceptors (Lipinski definition) is 5. The molecule has 185 valence electrons. The highest BCUT2D eigenvalue weighted by Crippen LogP contribution is 2.33. The molecule has 2 heterocycles. The molecule has 2 aliphatic heterocycles. The molecule has 0 aliphatic carbocycles. The van der Waals surface area contributed by atoms with E-state index in [0.29, 0.717) is 31.0 Å². The zero-order valence-corrected chi connectivity index (χ0v) is 20.9. The maximum Gasteiger partial charge on any atom is 0.251 e. The summed E-state index contributed by atoms with van der Waals surface area (Å²) in [5.41, 5.74) is 2.13. The minimum Gasteiger partial charge on any atom is -0.493 e. The Labute approximate surface area is 207 Å². The molecule has 1 saturated heterocycles. The standard InChI is InChI=1S/C28H34N3O4/c1-28(2)27(33)31(19-23(29-28)21-11-12-24(34-3)25(18-21)35-4)22-14-16-30(17-15-22)26(32)13-10-20-8-6-5-7-9-20/h5-9,11-13,18-19,22,29H,10,14-17H2,1-4H3. The monoisotopic (exact) mass is 476 g/mol. The van der Waals surface area contributed by atoms with Crippen molar-refractivity contribution in [1.29, 1.82) is 0 Å². The third-order valence-electron chi connectivity index (χ3n) is 6.70. The number of carbonyl (C=O) groups excluding carboxylic acids is 2. The fraction of sp³-hybridized carbons (Fsp3) is 0.393. The zero-order chi connectivity index (χ0) is 25.0. The molecule has 35 heavy (non-hydrogen) atoms. The van der Waals surface area contributed by atoms with Crippen LogP contribution in [0.25, 0.3) is 5.70 Å². The lowest BCUT2D eigenvalue weighted by molar-refractivity contribution is -0.138. The Kier molecular flexibility index (Phi) is 7.34. The Morgan fingerprint density at radius 1 is 1.06 bits per heavy atom. The van der Waals surface area contributed by atoms with Crippen LogP contribution in [0.1, 0.15) is 37.8 Å². The van der Waals surface area contributed by atoms with E-state index in [0.717, 1.165) is 29.7 Å². The lowest BCUT2D eigenvalue weighted by Crippen LogP contribution is -2.59. The highest BCUT2D eigenvalue weighted by atomic mass is 16.5. The third-order valence-corrected chi connectivity index (χ3v) is 6.70. The van der Waals surface area contributed by atoms with E-state index in [2.05, 4.69) is 5.32 Å². The van der Waals surface area contributed by atoms with E-state index in [4.69, 9.17) is 9.47 Å². The maximum atomic E-state index is 13.3. The van der Waals surface area contributed by atoms with Gasteiger partial charge < -0.3 is 24.6 Å². The highest BCUT2D eigenvalue weighted by Gasteiger charge is 2.40. The Bertz CT molecular complexity index is 1090. The van der Waals surface area contributed by atoms with Crippen molar-refractivity contribution in [2.75, 3.05) is 27.3 Å². The van der Waals surface area contributed by atoms with E-state index in [1.54, 1.807) is 20.6 Å².